The minimum absolute atomic E-state index is 0.0834. The van der Waals surface area contributed by atoms with E-state index in [1.165, 1.54) is 0 Å². The maximum atomic E-state index is 12.9. The van der Waals surface area contributed by atoms with Gasteiger partial charge in [0.25, 0.3) is 5.91 Å². The van der Waals surface area contributed by atoms with Crippen LogP contribution in [0.2, 0.25) is 0 Å². The zero-order valence-electron chi connectivity index (χ0n) is 17.7. The number of rotatable bonds is 4. The summed E-state index contributed by atoms with van der Waals surface area (Å²) in [4.78, 5) is 21.4. The Hall–Kier alpha value is -3.75. The van der Waals surface area contributed by atoms with Crippen LogP contribution in [0, 0.1) is 13.8 Å². The van der Waals surface area contributed by atoms with E-state index in [1.54, 1.807) is 35.3 Å². The van der Waals surface area contributed by atoms with Gasteiger partial charge in [-0.15, -0.1) is 15.3 Å². The minimum atomic E-state index is -0.0834. The zero-order chi connectivity index (χ0) is 21.5. The molecule has 5 heterocycles. The van der Waals surface area contributed by atoms with E-state index in [-0.39, 0.29) is 5.91 Å². The van der Waals surface area contributed by atoms with Crippen molar-refractivity contribution < 1.29 is 9.21 Å². The van der Waals surface area contributed by atoms with Gasteiger partial charge in [0.05, 0.1) is 18.4 Å². The van der Waals surface area contributed by atoms with Crippen LogP contribution < -0.4 is 4.90 Å². The third kappa shape index (κ3) is 3.41. The SMILES string of the molecule is Cc1c(N2CCc3ncc(C(=O)N(C)Cc4ccco4)cc3C2)nn2cnnc2c1C. The van der Waals surface area contributed by atoms with Crippen molar-refractivity contribution in [1.82, 2.24) is 29.7 Å². The van der Waals surface area contributed by atoms with Crippen LogP contribution in [-0.2, 0) is 19.5 Å². The highest BCUT2D eigenvalue weighted by molar-refractivity contribution is 5.94. The predicted molar refractivity (Wildman–Crippen MR) is 114 cm³/mol. The maximum absolute atomic E-state index is 12.9. The summed E-state index contributed by atoms with van der Waals surface area (Å²) < 4.78 is 7.07. The van der Waals surface area contributed by atoms with Gasteiger partial charge in [0.2, 0.25) is 0 Å². The van der Waals surface area contributed by atoms with Gasteiger partial charge in [0, 0.05) is 49.6 Å². The summed E-state index contributed by atoms with van der Waals surface area (Å²) in [5.41, 5.74) is 5.57. The number of nitrogens with zero attached hydrogens (tertiary/aromatic N) is 7. The molecule has 4 aromatic rings. The van der Waals surface area contributed by atoms with Gasteiger partial charge in [-0.1, -0.05) is 0 Å². The van der Waals surface area contributed by atoms with Crippen molar-refractivity contribution in [3.05, 3.63) is 70.7 Å². The molecule has 1 amide bonds. The molecule has 0 saturated carbocycles. The molecule has 158 valence electrons. The summed E-state index contributed by atoms with van der Waals surface area (Å²) in [6.07, 6.45) is 5.70. The van der Waals surface area contributed by atoms with Crippen LogP contribution in [-0.4, -0.2) is 49.2 Å². The second-order valence-corrected chi connectivity index (χ2v) is 7.91. The van der Waals surface area contributed by atoms with Gasteiger partial charge >= 0.3 is 0 Å². The van der Waals surface area contributed by atoms with Crippen LogP contribution in [0.4, 0.5) is 5.82 Å². The van der Waals surface area contributed by atoms with Gasteiger partial charge in [-0.25, -0.2) is 0 Å². The number of amides is 1. The molecule has 1 aliphatic rings. The molecule has 0 aliphatic carbocycles. The molecule has 0 bridgehead atoms. The molecular formula is C22H23N7O2. The Morgan fingerprint density at radius 2 is 2.16 bits per heavy atom. The molecule has 0 unspecified atom stereocenters. The average molecular weight is 417 g/mol. The molecule has 0 aromatic carbocycles. The lowest BCUT2D eigenvalue weighted by atomic mass is 10.0. The highest BCUT2D eigenvalue weighted by Crippen LogP contribution is 2.28. The molecule has 1 aliphatic heterocycles. The fourth-order valence-corrected chi connectivity index (χ4v) is 4.02. The normalized spacial score (nSPS) is 13.5. The van der Waals surface area contributed by atoms with Gasteiger partial charge in [-0.3, -0.25) is 9.78 Å². The minimum Gasteiger partial charge on any atom is -0.467 e. The molecule has 0 radical (unpaired) electrons. The highest BCUT2D eigenvalue weighted by Gasteiger charge is 2.24. The van der Waals surface area contributed by atoms with E-state index in [9.17, 15) is 4.79 Å². The van der Waals surface area contributed by atoms with Gasteiger partial charge in [0.1, 0.15) is 12.1 Å². The highest BCUT2D eigenvalue weighted by atomic mass is 16.3. The third-order valence-corrected chi connectivity index (χ3v) is 5.87. The van der Waals surface area contributed by atoms with Crippen LogP contribution in [0.3, 0.4) is 0 Å². The average Bonchev–Trinajstić information content (AvgIpc) is 3.47. The van der Waals surface area contributed by atoms with Gasteiger partial charge in [-0.2, -0.15) is 4.52 Å². The maximum Gasteiger partial charge on any atom is 0.255 e. The number of hydrogen-bond donors (Lipinski definition) is 0. The first-order valence-electron chi connectivity index (χ1n) is 10.2. The number of furan rings is 1. The molecule has 0 saturated heterocycles. The summed E-state index contributed by atoms with van der Waals surface area (Å²) in [5.74, 6) is 1.57. The number of carbonyl (C=O) groups excluding carboxylic acids is 1. The van der Waals surface area contributed by atoms with Crippen molar-refractivity contribution >= 4 is 17.4 Å². The van der Waals surface area contributed by atoms with Crippen LogP contribution in [0.5, 0.6) is 0 Å². The van der Waals surface area contributed by atoms with E-state index in [1.807, 2.05) is 25.1 Å². The van der Waals surface area contributed by atoms with E-state index in [2.05, 4.69) is 27.0 Å². The first-order valence-corrected chi connectivity index (χ1v) is 10.2. The molecule has 0 fully saturated rings. The number of aryl methyl sites for hydroxylation is 1. The van der Waals surface area contributed by atoms with Crippen LogP contribution in [0.1, 0.15) is 38.5 Å². The largest absolute Gasteiger partial charge is 0.467 e. The van der Waals surface area contributed by atoms with Crippen LogP contribution >= 0.6 is 0 Å². The Morgan fingerprint density at radius 3 is 2.97 bits per heavy atom. The molecule has 4 aromatic heterocycles. The Labute approximate surface area is 179 Å². The fraction of sp³-hybridized carbons (Fsp3) is 0.318. The summed E-state index contributed by atoms with van der Waals surface area (Å²) in [6, 6.07) is 5.63. The van der Waals surface area contributed by atoms with Gasteiger partial charge < -0.3 is 14.2 Å². The lowest BCUT2D eigenvalue weighted by Crippen LogP contribution is -2.33. The van der Waals surface area contributed by atoms with Crippen molar-refractivity contribution in [3.63, 3.8) is 0 Å². The van der Waals surface area contributed by atoms with E-state index in [0.717, 1.165) is 52.6 Å². The van der Waals surface area contributed by atoms with E-state index >= 15 is 0 Å². The van der Waals surface area contributed by atoms with E-state index < -0.39 is 0 Å². The lowest BCUT2D eigenvalue weighted by molar-refractivity contribution is 0.0775. The van der Waals surface area contributed by atoms with Crippen molar-refractivity contribution in [1.29, 1.82) is 0 Å². The lowest BCUT2D eigenvalue weighted by Gasteiger charge is -2.31. The molecule has 9 heteroatoms. The van der Waals surface area contributed by atoms with Gasteiger partial charge in [0.15, 0.2) is 11.5 Å². The topological polar surface area (TPSA) is 92.7 Å². The van der Waals surface area contributed by atoms with Crippen molar-refractivity contribution in [3.8, 4) is 0 Å². The molecule has 9 nitrogen and oxygen atoms in total. The quantitative estimate of drug-likeness (QED) is 0.504. The van der Waals surface area contributed by atoms with Crippen molar-refractivity contribution in [2.45, 2.75) is 33.4 Å². The van der Waals surface area contributed by atoms with E-state index in [0.29, 0.717) is 18.7 Å². The Kier molecular flexibility index (Phi) is 4.65. The predicted octanol–water partition coefficient (Wildman–Crippen LogP) is 2.56. The fourth-order valence-electron chi connectivity index (χ4n) is 4.02. The number of carbonyl (C=O) groups is 1. The third-order valence-electron chi connectivity index (χ3n) is 5.87. The van der Waals surface area contributed by atoms with Crippen molar-refractivity contribution in [2.75, 3.05) is 18.5 Å². The molecular weight excluding hydrogens is 394 g/mol. The van der Waals surface area contributed by atoms with Crippen LogP contribution in [0.25, 0.3) is 5.65 Å². The van der Waals surface area contributed by atoms with Crippen molar-refractivity contribution in [2.24, 2.45) is 0 Å². The first kappa shape index (κ1) is 19.2. The smallest absolute Gasteiger partial charge is 0.255 e. The zero-order valence-corrected chi connectivity index (χ0v) is 17.7. The molecule has 0 N–H and O–H groups in total. The first-order chi connectivity index (χ1) is 15.0. The number of hydrogen-bond acceptors (Lipinski definition) is 7. The van der Waals surface area contributed by atoms with Gasteiger partial charge in [-0.05, 0) is 37.6 Å². The monoisotopic (exact) mass is 417 g/mol. The number of pyridine rings is 1. The van der Waals surface area contributed by atoms with E-state index in [4.69, 9.17) is 9.52 Å². The second-order valence-electron chi connectivity index (χ2n) is 7.91. The number of anilines is 1. The molecule has 0 atom stereocenters. The summed E-state index contributed by atoms with van der Waals surface area (Å²) in [6.45, 7) is 5.97. The summed E-state index contributed by atoms with van der Waals surface area (Å²) in [7, 11) is 1.76. The summed E-state index contributed by atoms with van der Waals surface area (Å²) in [5, 5.41) is 12.9. The number of fused-ring (bicyclic) bond motifs is 2. The standard InChI is InChI=1S/C22H23N7O2/c1-14-15(2)21(26-29-13-24-25-20(14)29)28-7-6-19-17(11-28)9-16(10-23-19)22(30)27(3)12-18-5-4-8-31-18/h4-5,8-10,13H,6-7,11-12H2,1-3H3. The molecule has 5 rings (SSSR count). The molecule has 31 heavy (non-hydrogen) atoms. The Balaban J connectivity index is 1.41. The van der Waals surface area contributed by atoms with Crippen LogP contribution in [0.15, 0.2) is 41.4 Å². The number of aromatic nitrogens is 5. The Morgan fingerprint density at radius 1 is 1.29 bits per heavy atom. The molecule has 0 spiro atoms. The second kappa shape index (κ2) is 7.50. The Bertz CT molecular complexity index is 1260. The summed E-state index contributed by atoms with van der Waals surface area (Å²) >= 11 is 0.